The van der Waals surface area contributed by atoms with Crippen molar-refractivity contribution in [3.63, 3.8) is 0 Å². The van der Waals surface area contributed by atoms with Gasteiger partial charge >= 0.3 is 0 Å². The molecule has 1 atom stereocenters. The molecule has 0 saturated carbocycles. The van der Waals surface area contributed by atoms with E-state index in [9.17, 15) is 9.90 Å². The van der Waals surface area contributed by atoms with E-state index in [4.69, 9.17) is 0 Å². The number of aliphatic imine (C=N–C) groups is 1. The van der Waals surface area contributed by atoms with Gasteiger partial charge in [0.2, 0.25) is 0 Å². The monoisotopic (exact) mass is 249 g/mol. The van der Waals surface area contributed by atoms with E-state index < -0.39 is 0 Å². The molecule has 0 fully saturated rings. The van der Waals surface area contributed by atoms with Crippen LogP contribution in [0.15, 0.2) is 11.2 Å². The molecule has 2 heterocycles. The van der Waals surface area contributed by atoms with Crippen LogP contribution in [0, 0.1) is 0 Å². The minimum atomic E-state index is 0.0862. The number of Topliss-reactive ketones (excluding diaryl/α,β-unsaturated/α-hetero) is 1. The topological polar surface area (TPSA) is 68.7 Å². The molecule has 98 valence electrons. The molecule has 1 unspecified atom stereocenters. The number of fused-ring (bicyclic) bond motifs is 1. The summed E-state index contributed by atoms with van der Waals surface area (Å²) in [7, 11) is 1.97. The molecule has 0 aromatic carbocycles. The molecule has 0 amide bonds. The lowest BCUT2D eigenvalue weighted by molar-refractivity contribution is 0.0996. The Morgan fingerprint density at radius 1 is 1.61 bits per heavy atom. The Bertz CT molecular complexity index is 461. The van der Waals surface area contributed by atoms with Crippen molar-refractivity contribution < 1.29 is 9.90 Å². The Morgan fingerprint density at radius 2 is 2.39 bits per heavy atom. The fraction of sp³-hybridized carbons (Fsp3) is 0.538. The maximum absolute atomic E-state index is 11.7. The standard InChI is InChI=1S/C13H19N3O2/c1-3-10(8-17)16(2)7-9-6-15-13-11(18)4-5-14-12(9)13/h5-6,10,15,17H,3-4,7-8H2,1-2H3. The van der Waals surface area contributed by atoms with Crippen molar-refractivity contribution in [3.05, 3.63) is 17.5 Å². The van der Waals surface area contributed by atoms with Crippen LogP contribution in [-0.4, -0.2) is 46.7 Å². The lowest BCUT2D eigenvalue weighted by Gasteiger charge is -2.25. The molecule has 5 nitrogen and oxygen atoms in total. The maximum atomic E-state index is 11.7. The van der Waals surface area contributed by atoms with Gasteiger partial charge in [0.15, 0.2) is 5.78 Å². The van der Waals surface area contributed by atoms with Crippen molar-refractivity contribution in [2.75, 3.05) is 13.7 Å². The van der Waals surface area contributed by atoms with Gasteiger partial charge in [-0.1, -0.05) is 6.92 Å². The van der Waals surface area contributed by atoms with Gasteiger partial charge in [0.05, 0.1) is 12.3 Å². The number of aromatic nitrogens is 1. The van der Waals surface area contributed by atoms with Gasteiger partial charge in [-0.3, -0.25) is 14.7 Å². The minimum Gasteiger partial charge on any atom is -0.395 e. The number of aromatic amines is 1. The van der Waals surface area contributed by atoms with Gasteiger partial charge in [0.1, 0.15) is 5.69 Å². The molecular formula is C13H19N3O2. The first-order chi connectivity index (χ1) is 8.67. The molecule has 0 bridgehead atoms. The zero-order valence-electron chi connectivity index (χ0n) is 10.8. The first-order valence-corrected chi connectivity index (χ1v) is 6.24. The zero-order chi connectivity index (χ0) is 13.1. The van der Waals surface area contributed by atoms with E-state index in [1.165, 1.54) is 0 Å². The summed E-state index contributed by atoms with van der Waals surface area (Å²) in [5, 5.41) is 9.27. The summed E-state index contributed by atoms with van der Waals surface area (Å²) in [6.45, 7) is 2.86. The molecule has 1 aliphatic rings. The van der Waals surface area contributed by atoms with Crippen molar-refractivity contribution in [1.82, 2.24) is 9.88 Å². The van der Waals surface area contributed by atoms with Crippen LogP contribution in [-0.2, 0) is 6.54 Å². The molecular weight excluding hydrogens is 230 g/mol. The number of H-pyrrole nitrogens is 1. The first-order valence-electron chi connectivity index (χ1n) is 6.24. The number of hydrogen-bond acceptors (Lipinski definition) is 4. The second kappa shape index (κ2) is 5.46. The van der Waals surface area contributed by atoms with Gasteiger partial charge in [-0.2, -0.15) is 0 Å². The Balaban J connectivity index is 2.16. The summed E-state index contributed by atoms with van der Waals surface area (Å²) in [5.74, 6) is 0.0862. The van der Waals surface area contributed by atoms with Gasteiger partial charge in [-0.25, -0.2) is 0 Å². The van der Waals surface area contributed by atoms with Gasteiger partial charge in [0.25, 0.3) is 0 Å². The third kappa shape index (κ3) is 2.37. The van der Waals surface area contributed by atoms with Crippen LogP contribution in [0.2, 0.25) is 0 Å². The average Bonchev–Trinajstić information content (AvgIpc) is 2.76. The third-order valence-electron chi connectivity index (χ3n) is 3.43. The van der Waals surface area contributed by atoms with Crippen LogP contribution in [0.3, 0.4) is 0 Å². The van der Waals surface area contributed by atoms with Gasteiger partial charge in [-0.15, -0.1) is 0 Å². The van der Waals surface area contributed by atoms with Crippen LogP contribution in [0.4, 0.5) is 5.69 Å². The molecule has 18 heavy (non-hydrogen) atoms. The summed E-state index contributed by atoms with van der Waals surface area (Å²) in [6.07, 6.45) is 4.76. The fourth-order valence-corrected chi connectivity index (χ4v) is 2.24. The predicted molar refractivity (Wildman–Crippen MR) is 70.5 cm³/mol. The fourth-order valence-electron chi connectivity index (χ4n) is 2.24. The lowest BCUT2D eigenvalue weighted by Crippen LogP contribution is -2.33. The van der Waals surface area contributed by atoms with E-state index in [0.29, 0.717) is 18.7 Å². The highest BCUT2D eigenvalue weighted by Gasteiger charge is 2.21. The smallest absolute Gasteiger partial charge is 0.186 e. The SMILES string of the molecule is CCC(CO)N(C)Cc1c[nH]c2c1N=CCC2=O. The van der Waals surface area contributed by atoms with Crippen molar-refractivity contribution in [2.24, 2.45) is 4.99 Å². The Morgan fingerprint density at radius 3 is 3.06 bits per heavy atom. The summed E-state index contributed by atoms with van der Waals surface area (Å²) >= 11 is 0. The number of hydrogen-bond donors (Lipinski definition) is 2. The highest BCUT2D eigenvalue weighted by atomic mass is 16.3. The molecule has 2 N–H and O–H groups in total. The molecule has 0 spiro atoms. The molecule has 0 aliphatic carbocycles. The van der Waals surface area contributed by atoms with Crippen LogP contribution in [0.5, 0.6) is 0 Å². The number of aliphatic hydroxyl groups is 1. The normalized spacial score (nSPS) is 16.1. The van der Waals surface area contributed by atoms with E-state index in [2.05, 4.69) is 14.9 Å². The second-order valence-electron chi connectivity index (χ2n) is 4.64. The number of ketones is 1. The summed E-state index contributed by atoms with van der Waals surface area (Å²) in [6, 6.07) is 0.138. The molecule has 0 radical (unpaired) electrons. The van der Waals surface area contributed by atoms with Crippen LogP contribution < -0.4 is 0 Å². The number of aliphatic hydroxyl groups excluding tert-OH is 1. The minimum absolute atomic E-state index is 0.0862. The maximum Gasteiger partial charge on any atom is 0.186 e. The summed E-state index contributed by atoms with van der Waals surface area (Å²) < 4.78 is 0. The molecule has 0 saturated heterocycles. The first kappa shape index (κ1) is 13.0. The largest absolute Gasteiger partial charge is 0.395 e. The Hall–Kier alpha value is -1.46. The van der Waals surface area contributed by atoms with Crippen LogP contribution in [0.1, 0.15) is 35.8 Å². The van der Waals surface area contributed by atoms with Crippen LogP contribution in [0.25, 0.3) is 0 Å². The highest BCUT2D eigenvalue weighted by Crippen LogP contribution is 2.29. The van der Waals surface area contributed by atoms with Gasteiger partial charge in [0, 0.05) is 37.0 Å². The van der Waals surface area contributed by atoms with Crippen LogP contribution >= 0.6 is 0 Å². The number of likely N-dealkylation sites (N-methyl/N-ethyl adjacent to an activating group) is 1. The molecule has 2 rings (SSSR count). The lowest BCUT2D eigenvalue weighted by atomic mass is 10.1. The van der Waals surface area contributed by atoms with E-state index in [1.807, 2.05) is 20.2 Å². The van der Waals surface area contributed by atoms with E-state index in [0.717, 1.165) is 17.7 Å². The number of carbonyl (C=O) groups excluding carboxylic acids is 1. The number of nitrogens with one attached hydrogen (secondary N) is 1. The number of rotatable bonds is 5. The zero-order valence-corrected chi connectivity index (χ0v) is 10.8. The average molecular weight is 249 g/mol. The number of nitrogens with zero attached hydrogens (tertiary/aromatic N) is 2. The molecule has 1 aromatic rings. The van der Waals surface area contributed by atoms with E-state index >= 15 is 0 Å². The second-order valence-corrected chi connectivity index (χ2v) is 4.64. The highest BCUT2D eigenvalue weighted by molar-refractivity contribution is 6.09. The molecule has 5 heteroatoms. The van der Waals surface area contributed by atoms with Gasteiger partial charge in [-0.05, 0) is 13.5 Å². The van der Waals surface area contributed by atoms with Crippen molar-refractivity contribution in [3.8, 4) is 0 Å². The Labute approximate surface area is 107 Å². The third-order valence-corrected chi connectivity index (χ3v) is 3.43. The summed E-state index contributed by atoms with van der Waals surface area (Å²) in [5.41, 5.74) is 2.37. The number of carbonyl (C=O) groups is 1. The van der Waals surface area contributed by atoms with Crippen molar-refractivity contribution >= 4 is 17.7 Å². The van der Waals surface area contributed by atoms with E-state index in [-0.39, 0.29) is 18.4 Å². The van der Waals surface area contributed by atoms with Gasteiger partial charge < -0.3 is 10.1 Å². The van der Waals surface area contributed by atoms with Crippen molar-refractivity contribution in [2.45, 2.75) is 32.4 Å². The predicted octanol–water partition coefficient (Wildman–Crippen LogP) is 1.51. The Kier molecular flexibility index (Phi) is 3.93. The van der Waals surface area contributed by atoms with Crippen molar-refractivity contribution in [1.29, 1.82) is 0 Å². The van der Waals surface area contributed by atoms with E-state index in [1.54, 1.807) is 6.21 Å². The molecule has 1 aromatic heterocycles. The molecule has 1 aliphatic heterocycles. The quantitative estimate of drug-likeness (QED) is 0.831. The summed E-state index contributed by atoms with van der Waals surface area (Å²) in [4.78, 5) is 21.0.